The quantitative estimate of drug-likeness (QED) is 0.372. The van der Waals surface area contributed by atoms with Gasteiger partial charge in [-0.15, -0.1) is 0 Å². The fraction of sp³-hybridized carbons (Fsp3) is 0.882. The maximum Gasteiger partial charge on any atom is 0.305 e. The van der Waals surface area contributed by atoms with E-state index in [1.54, 1.807) is 0 Å². The lowest BCUT2D eigenvalue weighted by molar-refractivity contribution is -0.143. The maximum absolute atomic E-state index is 11.1. The molecule has 1 atom stereocenters. The van der Waals surface area contributed by atoms with Crippen LogP contribution in [0.3, 0.4) is 0 Å². The first kappa shape index (κ1) is 20.9. The van der Waals surface area contributed by atoms with E-state index in [2.05, 4.69) is 6.92 Å². The fourth-order valence-electron chi connectivity index (χ4n) is 2.17. The van der Waals surface area contributed by atoms with Crippen molar-refractivity contribution in [2.24, 2.45) is 11.7 Å². The van der Waals surface area contributed by atoms with Gasteiger partial charge in [-0.25, -0.2) is 0 Å². The molecule has 0 aromatic rings. The van der Waals surface area contributed by atoms with E-state index in [4.69, 9.17) is 15.2 Å². The number of rotatable bonds is 15. The van der Waals surface area contributed by atoms with Crippen LogP contribution >= 0.6 is 0 Å². The summed E-state index contributed by atoms with van der Waals surface area (Å²) in [6, 6.07) is 0. The Kier molecular flexibility index (Phi) is 14.1. The molecule has 5 nitrogen and oxygen atoms in total. The van der Waals surface area contributed by atoms with Crippen LogP contribution < -0.4 is 5.73 Å². The van der Waals surface area contributed by atoms with Crippen molar-refractivity contribution in [1.82, 2.24) is 0 Å². The Morgan fingerprint density at radius 1 is 1.00 bits per heavy atom. The normalized spacial score (nSPS) is 12.1. The van der Waals surface area contributed by atoms with Crippen molar-refractivity contribution in [3.05, 3.63) is 0 Å². The third-order valence-electron chi connectivity index (χ3n) is 3.51. The molecule has 0 fully saturated rings. The van der Waals surface area contributed by atoms with Gasteiger partial charge in [0.25, 0.3) is 0 Å². The van der Waals surface area contributed by atoms with Gasteiger partial charge in [0, 0.05) is 26.1 Å². The molecule has 0 unspecified atom stereocenters. The van der Waals surface area contributed by atoms with Crippen LogP contribution in [-0.4, -0.2) is 31.7 Å². The Hall–Kier alpha value is -1.10. The third kappa shape index (κ3) is 15.3. The molecule has 0 saturated carbocycles. The number of hydrogen-bond acceptors (Lipinski definition) is 4. The Morgan fingerprint density at radius 3 is 2.27 bits per heavy atom. The summed E-state index contributed by atoms with van der Waals surface area (Å²) in [4.78, 5) is 21.8. The van der Waals surface area contributed by atoms with Gasteiger partial charge in [-0.1, -0.05) is 32.6 Å². The lowest BCUT2D eigenvalue weighted by atomic mass is 10.1. The summed E-state index contributed by atoms with van der Waals surface area (Å²) < 4.78 is 10.5. The van der Waals surface area contributed by atoms with E-state index in [9.17, 15) is 9.59 Å². The van der Waals surface area contributed by atoms with Crippen molar-refractivity contribution in [1.29, 1.82) is 0 Å². The smallest absolute Gasteiger partial charge is 0.305 e. The van der Waals surface area contributed by atoms with Gasteiger partial charge < -0.3 is 15.2 Å². The van der Waals surface area contributed by atoms with Gasteiger partial charge in [-0.05, 0) is 32.1 Å². The lowest BCUT2D eigenvalue weighted by Gasteiger charge is -2.10. The van der Waals surface area contributed by atoms with E-state index in [0.29, 0.717) is 32.0 Å². The molecular weight excluding hydrogens is 282 g/mol. The highest BCUT2D eigenvalue weighted by atomic mass is 16.5. The van der Waals surface area contributed by atoms with Crippen LogP contribution in [-0.2, 0) is 19.1 Å². The van der Waals surface area contributed by atoms with Crippen molar-refractivity contribution in [3.8, 4) is 0 Å². The minimum absolute atomic E-state index is 0.0821. The Morgan fingerprint density at radius 2 is 1.64 bits per heavy atom. The molecule has 0 spiro atoms. The molecule has 130 valence electrons. The Balaban J connectivity index is 3.20. The molecule has 0 radical (unpaired) electrons. The molecule has 0 heterocycles. The zero-order chi connectivity index (χ0) is 16.6. The molecule has 0 aromatic carbocycles. The van der Waals surface area contributed by atoms with Gasteiger partial charge in [0.1, 0.15) is 0 Å². The second-order valence-corrected chi connectivity index (χ2v) is 5.86. The number of esters is 1. The molecule has 0 aliphatic heterocycles. The number of ether oxygens (including phenoxy) is 2. The lowest BCUT2D eigenvalue weighted by Crippen LogP contribution is -2.14. The Bertz CT molecular complexity index is 294. The van der Waals surface area contributed by atoms with Crippen LogP contribution in [0, 0.1) is 5.92 Å². The topological polar surface area (TPSA) is 78.6 Å². The predicted molar refractivity (Wildman–Crippen MR) is 87.4 cm³/mol. The van der Waals surface area contributed by atoms with Crippen LogP contribution in [0.15, 0.2) is 0 Å². The van der Waals surface area contributed by atoms with E-state index in [0.717, 1.165) is 45.1 Å². The summed E-state index contributed by atoms with van der Waals surface area (Å²) in [7, 11) is 0. The maximum atomic E-state index is 11.1. The van der Waals surface area contributed by atoms with Gasteiger partial charge in [0.05, 0.1) is 6.61 Å². The number of hydrogen-bond donors (Lipinski definition) is 1. The zero-order valence-electron chi connectivity index (χ0n) is 14.3. The summed E-state index contributed by atoms with van der Waals surface area (Å²) in [5, 5.41) is 0. The van der Waals surface area contributed by atoms with Crippen LogP contribution in [0.4, 0.5) is 0 Å². The largest absolute Gasteiger partial charge is 0.466 e. The highest BCUT2D eigenvalue weighted by molar-refractivity contribution is 5.73. The molecule has 22 heavy (non-hydrogen) atoms. The SMILES string of the molecule is CCOC(=O)CCCCCCCCOC[C@@H](C)CCC(N)=O. The first-order valence-corrected chi connectivity index (χ1v) is 8.58. The molecule has 1 amide bonds. The molecule has 0 bridgehead atoms. The van der Waals surface area contributed by atoms with E-state index in [-0.39, 0.29) is 11.9 Å². The first-order valence-electron chi connectivity index (χ1n) is 8.58. The molecule has 2 N–H and O–H groups in total. The summed E-state index contributed by atoms with van der Waals surface area (Å²) in [6.07, 6.45) is 8.37. The van der Waals surface area contributed by atoms with Gasteiger partial charge in [-0.2, -0.15) is 0 Å². The van der Waals surface area contributed by atoms with Gasteiger partial charge in [0.2, 0.25) is 5.91 Å². The fourth-order valence-corrected chi connectivity index (χ4v) is 2.17. The predicted octanol–water partition coefficient (Wildman–Crippen LogP) is 3.20. The number of amides is 1. The number of carbonyl (C=O) groups is 2. The molecule has 0 aliphatic carbocycles. The minimum Gasteiger partial charge on any atom is -0.466 e. The van der Waals surface area contributed by atoms with Crippen LogP contribution in [0.25, 0.3) is 0 Å². The summed E-state index contributed by atoms with van der Waals surface area (Å²) in [6.45, 7) is 5.86. The van der Waals surface area contributed by atoms with Crippen molar-refractivity contribution in [3.63, 3.8) is 0 Å². The van der Waals surface area contributed by atoms with Crippen molar-refractivity contribution in [2.45, 2.75) is 71.6 Å². The highest BCUT2D eigenvalue weighted by Gasteiger charge is 2.04. The summed E-state index contributed by atoms with van der Waals surface area (Å²) in [5.74, 6) is 0.0616. The first-order chi connectivity index (χ1) is 10.6. The van der Waals surface area contributed by atoms with E-state index < -0.39 is 0 Å². The van der Waals surface area contributed by atoms with E-state index >= 15 is 0 Å². The van der Waals surface area contributed by atoms with E-state index in [1.165, 1.54) is 6.42 Å². The average Bonchev–Trinajstić information content (AvgIpc) is 2.47. The van der Waals surface area contributed by atoms with Gasteiger partial charge in [-0.3, -0.25) is 9.59 Å². The molecular formula is C17H33NO4. The second-order valence-electron chi connectivity index (χ2n) is 5.86. The number of nitrogens with two attached hydrogens (primary N) is 1. The standard InChI is InChI=1S/C17H33NO4/c1-3-22-17(20)10-8-6-4-5-7-9-13-21-14-15(2)11-12-16(18)19/h15H,3-14H2,1-2H3,(H2,18,19)/t15-/m0/s1. The number of primary amides is 1. The molecule has 0 rings (SSSR count). The second kappa shape index (κ2) is 14.8. The molecule has 0 aromatic heterocycles. The molecule has 5 heteroatoms. The number of unbranched alkanes of at least 4 members (excludes halogenated alkanes) is 5. The van der Waals surface area contributed by atoms with Gasteiger partial charge >= 0.3 is 5.97 Å². The molecule has 0 aliphatic rings. The zero-order valence-corrected chi connectivity index (χ0v) is 14.3. The van der Waals surface area contributed by atoms with Crippen molar-refractivity contribution in [2.75, 3.05) is 19.8 Å². The number of carbonyl (C=O) groups excluding carboxylic acids is 2. The minimum atomic E-state index is -0.241. The monoisotopic (exact) mass is 315 g/mol. The van der Waals surface area contributed by atoms with Crippen molar-refractivity contribution >= 4 is 11.9 Å². The summed E-state index contributed by atoms with van der Waals surface area (Å²) in [5.41, 5.74) is 5.11. The third-order valence-corrected chi connectivity index (χ3v) is 3.51. The highest BCUT2D eigenvalue weighted by Crippen LogP contribution is 2.09. The van der Waals surface area contributed by atoms with Crippen molar-refractivity contribution < 1.29 is 19.1 Å². The van der Waals surface area contributed by atoms with Crippen LogP contribution in [0.2, 0.25) is 0 Å². The molecule has 0 saturated heterocycles. The summed E-state index contributed by atoms with van der Waals surface area (Å²) >= 11 is 0. The van der Waals surface area contributed by atoms with Crippen LogP contribution in [0.5, 0.6) is 0 Å². The van der Waals surface area contributed by atoms with Gasteiger partial charge in [0.15, 0.2) is 0 Å². The van der Waals surface area contributed by atoms with Crippen LogP contribution in [0.1, 0.15) is 71.6 Å². The Labute approximate surface area is 134 Å². The average molecular weight is 315 g/mol. The van der Waals surface area contributed by atoms with E-state index in [1.807, 2.05) is 6.92 Å².